The van der Waals surface area contributed by atoms with E-state index in [1.54, 1.807) is 7.11 Å². The number of hydrogen-bond acceptors (Lipinski definition) is 5. The summed E-state index contributed by atoms with van der Waals surface area (Å²) in [5.74, 6) is 0.679. The Hall–Kier alpha value is -0.780. The van der Waals surface area contributed by atoms with Gasteiger partial charge in [-0.15, -0.1) is 0 Å². The van der Waals surface area contributed by atoms with Gasteiger partial charge in [-0.25, -0.2) is 9.29 Å². The molecule has 0 saturated carbocycles. The molecule has 0 amide bonds. The zero-order chi connectivity index (χ0) is 11.8. The van der Waals surface area contributed by atoms with Crippen molar-refractivity contribution >= 4 is 11.9 Å². The average molecular weight is 251 g/mol. The highest BCUT2D eigenvalue weighted by Gasteiger charge is 2.44. The highest BCUT2D eigenvalue weighted by Crippen LogP contribution is 2.40. The number of piperazine rings is 1. The smallest absolute Gasteiger partial charge is 0.212 e. The van der Waals surface area contributed by atoms with Crippen LogP contribution in [-0.4, -0.2) is 53.5 Å². The Bertz CT molecular complexity index is 385. The van der Waals surface area contributed by atoms with Gasteiger partial charge in [-0.3, -0.25) is 0 Å². The molecule has 2 unspecified atom stereocenters. The van der Waals surface area contributed by atoms with E-state index in [2.05, 4.69) is 27.3 Å². The number of fused-ring (bicyclic) bond motifs is 2. The van der Waals surface area contributed by atoms with E-state index >= 15 is 0 Å². The van der Waals surface area contributed by atoms with Crippen molar-refractivity contribution in [2.24, 2.45) is 0 Å². The summed E-state index contributed by atoms with van der Waals surface area (Å²) < 4.78 is 7.58. The maximum absolute atomic E-state index is 5.06. The second-order valence-corrected chi connectivity index (χ2v) is 5.83. The molecule has 2 atom stereocenters. The van der Waals surface area contributed by atoms with Gasteiger partial charge in [-0.1, -0.05) is 0 Å². The van der Waals surface area contributed by atoms with Crippen molar-refractivity contribution in [2.45, 2.75) is 23.4 Å². The Labute approximate surface area is 106 Å². The lowest BCUT2D eigenvalue weighted by Crippen LogP contribution is -2.65. The highest BCUT2D eigenvalue weighted by molar-refractivity contribution is 7.97. The van der Waals surface area contributed by atoms with Gasteiger partial charge >= 0.3 is 0 Å². The molecule has 1 aromatic heterocycles. The third-order valence-corrected chi connectivity index (χ3v) is 4.70. The predicted octanol–water partition coefficient (Wildman–Crippen LogP) is 1.49. The van der Waals surface area contributed by atoms with E-state index in [9.17, 15) is 0 Å². The van der Waals surface area contributed by atoms with Crippen LogP contribution in [-0.2, 0) is 0 Å². The van der Waals surface area contributed by atoms with Gasteiger partial charge in [0.2, 0.25) is 5.88 Å². The number of hydrogen-bond donors (Lipinski definition) is 0. The second-order valence-electron chi connectivity index (χ2n) is 4.75. The van der Waals surface area contributed by atoms with Crippen molar-refractivity contribution in [3.8, 4) is 5.88 Å². The van der Waals surface area contributed by atoms with Crippen LogP contribution in [0.3, 0.4) is 0 Å². The topological polar surface area (TPSA) is 28.6 Å². The summed E-state index contributed by atoms with van der Waals surface area (Å²) >= 11 is 1.83. The van der Waals surface area contributed by atoms with Crippen LogP contribution in [0.2, 0.25) is 0 Å². The second kappa shape index (κ2) is 4.48. The summed E-state index contributed by atoms with van der Waals surface area (Å²) in [7, 11) is 3.85. The molecule has 17 heavy (non-hydrogen) atoms. The van der Waals surface area contributed by atoms with E-state index in [0.29, 0.717) is 18.0 Å². The SMILES string of the molecule is COc1ccc(SN2C3CC2CN(C)C3)cn1. The van der Waals surface area contributed by atoms with Gasteiger partial charge in [0.05, 0.1) is 7.11 Å². The standard InChI is InChI=1S/C12H17N3OS/c1-14-7-9-5-10(8-14)15(9)17-11-3-4-12(16-2)13-6-11/h3-4,6,9-10H,5,7-8H2,1-2H3. The van der Waals surface area contributed by atoms with Gasteiger partial charge in [0.25, 0.3) is 0 Å². The lowest BCUT2D eigenvalue weighted by atomic mass is 9.92. The van der Waals surface area contributed by atoms with Gasteiger partial charge in [0.15, 0.2) is 0 Å². The number of methoxy groups -OCH3 is 1. The summed E-state index contributed by atoms with van der Waals surface area (Å²) in [4.78, 5) is 7.86. The van der Waals surface area contributed by atoms with Crippen LogP contribution in [0.15, 0.2) is 23.2 Å². The largest absolute Gasteiger partial charge is 0.481 e. The van der Waals surface area contributed by atoms with Crippen LogP contribution < -0.4 is 4.74 Å². The van der Waals surface area contributed by atoms with Crippen LogP contribution in [0.5, 0.6) is 5.88 Å². The summed E-state index contributed by atoms with van der Waals surface area (Å²) in [6.07, 6.45) is 3.24. The Morgan fingerprint density at radius 3 is 2.71 bits per heavy atom. The molecule has 3 rings (SSSR count). The van der Waals surface area contributed by atoms with Gasteiger partial charge in [0, 0.05) is 42.3 Å². The van der Waals surface area contributed by atoms with E-state index in [0.717, 1.165) is 0 Å². The molecule has 4 nitrogen and oxygen atoms in total. The van der Waals surface area contributed by atoms with Gasteiger partial charge < -0.3 is 9.64 Å². The minimum atomic E-state index is 0.679. The predicted molar refractivity (Wildman–Crippen MR) is 68.2 cm³/mol. The Morgan fingerprint density at radius 1 is 1.35 bits per heavy atom. The number of rotatable bonds is 3. The lowest BCUT2D eigenvalue weighted by molar-refractivity contribution is 0.0141. The van der Waals surface area contributed by atoms with E-state index < -0.39 is 0 Å². The van der Waals surface area contributed by atoms with E-state index in [1.807, 2.05) is 24.2 Å². The minimum Gasteiger partial charge on any atom is -0.481 e. The van der Waals surface area contributed by atoms with E-state index in [-0.39, 0.29) is 0 Å². The Morgan fingerprint density at radius 2 is 2.12 bits per heavy atom. The normalized spacial score (nSPS) is 28.8. The fraction of sp³-hybridized carbons (Fsp3) is 0.583. The van der Waals surface area contributed by atoms with Crippen molar-refractivity contribution in [2.75, 3.05) is 27.2 Å². The highest BCUT2D eigenvalue weighted by atomic mass is 32.2. The molecule has 0 N–H and O–H groups in total. The van der Waals surface area contributed by atoms with Crippen LogP contribution in [0.25, 0.3) is 0 Å². The third-order valence-electron chi connectivity index (χ3n) is 3.44. The first-order valence-corrected chi connectivity index (χ1v) is 6.68. The zero-order valence-electron chi connectivity index (χ0n) is 10.2. The number of aromatic nitrogens is 1. The molecule has 2 fully saturated rings. The summed E-state index contributed by atoms with van der Waals surface area (Å²) in [5, 5.41) is 0. The number of ether oxygens (including phenoxy) is 1. The molecule has 0 spiro atoms. The van der Waals surface area contributed by atoms with Crippen LogP contribution in [0.4, 0.5) is 0 Å². The molecule has 2 saturated heterocycles. The Balaban J connectivity index is 1.64. The van der Waals surface area contributed by atoms with Crippen molar-refractivity contribution < 1.29 is 4.74 Å². The average Bonchev–Trinajstić information content (AvgIpc) is 2.36. The molecule has 2 bridgehead atoms. The first-order valence-electron chi connectivity index (χ1n) is 5.91. The number of likely N-dealkylation sites (tertiary alicyclic amines) is 1. The van der Waals surface area contributed by atoms with Crippen molar-refractivity contribution in [3.05, 3.63) is 18.3 Å². The van der Waals surface area contributed by atoms with Gasteiger partial charge in [0.1, 0.15) is 0 Å². The quantitative estimate of drug-likeness (QED) is 0.759. The van der Waals surface area contributed by atoms with Crippen LogP contribution in [0, 0.1) is 0 Å². The fourth-order valence-electron chi connectivity index (χ4n) is 2.60. The maximum Gasteiger partial charge on any atom is 0.212 e. The van der Waals surface area contributed by atoms with E-state index in [1.165, 1.54) is 24.4 Å². The first-order chi connectivity index (χ1) is 8.26. The van der Waals surface area contributed by atoms with Crippen LogP contribution >= 0.6 is 11.9 Å². The molecule has 0 radical (unpaired) electrons. The van der Waals surface area contributed by atoms with Crippen LogP contribution in [0.1, 0.15) is 6.42 Å². The molecular weight excluding hydrogens is 234 g/mol. The molecule has 92 valence electrons. The maximum atomic E-state index is 5.06. The van der Waals surface area contributed by atoms with Gasteiger partial charge in [-0.2, -0.15) is 0 Å². The Kier molecular flexibility index (Phi) is 2.98. The summed E-state index contributed by atoms with van der Waals surface area (Å²) in [5.41, 5.74) is 0. The molecule has 0 aliphatic carbocycles. The van der Waals surface area contributed by atoms with Gasteiger partial charge in [-0.05, 0) is 31.5 Å². The molecule has 5 heteroatoms. The molecule has 2 aliphatic heterocycles. The fourth-order valence-corrected chi connectivity index (χ4v) is 3.67. The zero-order valence-corrected chi connectivity index (χ0v) is 11.0. The minimum absolute atomic E-state index is 0.679. The summed E-state index contributed by atoms with van der Waals surface area (Å²) in [6, 6.07) is 5.43. The van der Waals surface area contributed by atoms with Crippen molar-refractivity contribution in [1.82, 2.24) is 14.2 Å². The lowest BCUT2D eigenvalue weighted by Gasteiger charge is -2.54. The van der Waals surface area contributed by atoms with Crippen molar-refractivity contribution in [1.29, 1.82) is 0 Å². The molecule has 3 heterocycles. The van der Waals surface area contributed by atoms with E-state index in [4.69, 9.17) is 4.74 Å². The number of piperidine rings is 1. The summed E-state index contributed by atoms with van der Waals surface area (Å²) in [6.45, 7) is 2.38. The third kappa shape index (κ3) is 2.14. The molecule has 1 aromatic rings. The molecule has 0 aromatic carbocycles. The molecule has 2 aliphatic rings. The monoisotopic (exact) mass is 251 g/mol. The van der Waals surface area contributed by atoms with Crippen molar-refractivity contribution in [3.63, 3.8) is 0 Å². The molecular formula is C12H17N3OS. The number of nitrogens with zero attached hydrogens (tertiary/aromatic N) is 3. The first kappa shape index (κ1) is 11.3. The number of likely N-dealkylation sites (N-methyl/N-ethyl adjacent to an activating group) is 1. The number of pyridine rings is 1.